The Morgan fingerprint density at radius 3 is 2.86 bits per heavy atom. The smallest absolute Gasteiger partial charge is 0.335 e. The number of fused-ring (bicyclic) bond motifs is 1. The molecule has 1 amide bonds. The van der Waals surface area contributed by atoms with Crippen molar-refractivity contribution >= 4 is 23.3 Å². The van der Waals surface area contributed by atoms with E-state index in [1.54, 1.807) is 0 Å². The number of carbonyl (C=O) groups excluding carboxylic acids is 1. The molecule has 2 rings (SSSR count). The van der Waals surface area contributed by atoms with Gasteiger partial charge in [-0.3, -0.25) is 4.79 Å². The number of nitrogens with two attached hydrogens (primary N) is 1. The molecule has 0 bridgehead atoms. The molecule has 0 fully saturated rings. The number of aromatic carboxylic acids is 1. The summed E-state index contributed by atoms with van der Waals surface area (Å²) in [4.78, 5) is 21.7. The number of anilines is 2. The van der Waals surface area contributed by atoms with Gasteiger partial charge in [0.25, 0.3) is 0 Å². The fourth-order valence-electron chi connectivity index (χ4n) is 1.48. The van der Waals surface area contributed by atoms with Crippen molar-refractivity contribution in [1.29, 1.82) is 0 Å². The Morgan fingerprint density at radius 1 is 1.50 bits per heavy atom. The van der Waals surface area contributed by atoms with Crippen LogP contribution in [0, 0.1) is 0 Å². The second kappa shape index (κ2) is 2.73. The molecule has 1 aliphatic rings. The van der Waals surface area contributed by atoms with E-state index in [9.17, 15) is 9.59 Å². The topological polar surface area (TPSA) is 92.4 Å². The molecule has 14 heavy (non-hydrogen) atoms. The minimum atomic E-state index is -1.05. The van der Waals surface area contributed by atoms with Gasteiger partial charge in [-0.05, 0) is 12.1 Å². The molecule has 5 nitrogen and oxygen atoms in total. The summed E-state index contributed by atoms with van der Waals surface area (Å²) in [5.74, 6) is -1.21. The number of hydrogen-bond donors (Lipinski definition) is 3. The Hall–Kier alpha value is -2.04. The zero-order valence-electron chi connectivity index (χ0n) is 7.20. The van der Waals surface area contributed by atoms with Crippen molar-refractivity contribution in [1.82, 2.24) is 0 Å². The molecule has 0 aliphatic carbocycles. The van der Waals surface area contributed by atoms with Crippen molar-refractivity contribution in [2.45, 2.75) is 6.42 Å². The lowest BCUT2D eigenvalue weighted by atomic mass is 10.1. The van der Waals surface area contributed by atoms with E-state index in [0.717, 1.165) is 0 Å². The molecule has 0 spiro atoms. The van der Waals surface area contributed by atoms with Crippen molar-refractivity contribution in [2.75, 3.05) is 11.1 Å². The standard InChI is InChI=1S/C9H8N2O3/c10-6-1-4(9(13)14)2-7-5(6)3-8(12)11-7/h1-2H,3,10H2,(H,11,12)(H,13,14). The monoisotopic (exact) mass is 192 g/mol. The molecule has 1 aromatic carbocycles. The lowest BCUT2D eigenvalue weighted by Gasteiger charge is -2.03. The van der Waals surface area contributed by atoms with Crippen molar-refractivity contribution in [3.05, 3.63) is 23.3 Å². The van der Waals surface area contributed by atoms with E-state index >= 15 is 0 Å². The average molecular weight is 192 g/mol. The van der Waals surface area contributed by atoms with E-state index in [1.165, 1.54) is 12.1 Å². The van der Waals surface area contributed by atoms with E-state index in [4.69, 9.17) is 10.8 Å². The van der Waals surface area contributed by atoms with Crippen molar-refractivity contribution < 1.29 is 14.7 Å². The Balaban J connectivity index is 2.56. The minimum absolute atomic E-state index is 0.0865. The highest BCUT2D eigenvalue weighted by atomic mass is 16.4. The van der Waals surface area contributed by atoms with Gasteiger partial charge in [0.2, 0.25) is 5.91 Å². The number of benzene rings is 1. The third-order valence-electron chi connectivity index (χ3n) is 2.14. The molecule has 0 saturated heterocycles. The van der Waals surface area contributed by atoms with Crippen LogP contribution in [0.1, 0.15) is 15.9 Å². The molecular formula is C9H8N2O3. The predicted molar refractivity (Wildman–Crippen MR) is 50.1 cm³/mol. The lowest BCUT2D eigenvalue weighted by molar-refractivity contribution is -0.115. The van der Waals surface area contributed by atoms with Crippen LogP contribution in [0.4, 0.5) is 11.4 Å². The number of nitrogens with one attached hydrogen (secondary N) is 1. The molecule has 1 aliphatic heterocycles. The number of carbonyl (C=O) groups is 2. The Kier molecular flexibility index (Phi) is 1.67. The first kappa shape index (κ1) is 8.55. The summed E-state index contributed by atoms with van der Waals surface area (Å²) < 4.78 is 0. The first-order valence-corrected chi connectivity index (χ1v) is 4.03. The number of carboxylic acids is 1. The van der Waals surface area contributed by atoms with Crippen molar-refractivity contribution in [3.63, 3.8) is 0 Å². The molecule has 0 atom stereocenters. The number of hydrogen-bond acceptors (Lipinski definition) is 3. The largest absolute Gasteiger partial charge is 0.478 e. The highest BCUT2D eigenvalue weighted by molar-refractivity contribution is 6.03. The maximum absolute atomic E-state index is 11.0. The lowest BCUT2D eigenvalue weighted by Crippen LogP contribution is -2.04. The van der Waals surface area contributed by atoms with Gasteiger partial charge < -0.3 is 16.2 Å². The molecule has 72 valence electrons. The molecule has 0 unspecified atom stereocenters. The van der Waals surface area contributed by atoms with E-state index in [-0.39, 0.29) is 17.9 Å². The van der Waals surface area contributed by atoms with Crippen LogP contribution >= 0.6 is 0 Å². The molecule has 0 aromatic heterocycles. The fourth-order valence-corrected chi connectivity index (χ4v) is 1.48. The van der Waals surface area contributed by atoms with E-state index < -0.39 is 5.97 Å². The third kappa shape index (κ3) is 1.19. The van der Waals surface area contributed by atoms with Crippen LogP contribution in [0.5, 0.6) is 0 Å². The summed E-state index contributed by atoms with van der Waals surface area (Å²) in [5, 5.41) is 11.3. The van der Waals surface area contributed by atoms with Crippen LogP contribution in [-0.2, 0) is 11.2 Å². The van der Waals surface area contributed by atoms with Crippen LogP contribution in [0.15, 0.2) is 12.1 Å². The van der Waals surface area contributed by atoms with Crippen molar-refractivity contribution in [2.24, 2.45) is 0 Å². The maximum atomic E-state index is 11.0. The average Bonchev–Trinajstić information content (AvgIpc) is 2.45. The van der Waals surface area contributed by atoms with Crippen LogP contribution in [0.2, 0.25) is 0 Å². The predicted octanol–water partition coefficient (Wildman–Crippen LogP) is 0.462. The van der Waals surface area contributed by atoms with Gasteiger partial charge in [0.1, 0.15) is 0 Å². The van der Waals surface area contributed by atoms with E-state index in [0.29, 0.717) is 16.9 Å². The van der Waals surface area contributed by atoms with Gasteiger partial charge in [-0.15, -0.1) is 0 Å². The van der Waals surface area contributed by atoms with Gasteiger partial charge in [-0.2, -0.15) is 0 Å². The van der Waals surface area contributed by atoms with E-state index in [2.05, 4.69) is 5.32 Å². The Labute approximate surface area is 79.5 Å². The van der Waals surface area contributed by atoms with Crippen LogP contribution < -0.4 is 11.1 Å². The Bertz CT molecular complexity index is 440. The van der Waals surface area contributed by atoms with Gasteiger partial charge in [0.05, 0.1) is 12.0 Å². The van der Waals surface area contributed by atoms with Gasteiger partial charge in [-0.1, -0.05) is 0 Å². The number of carboxylic acid groups (broad SMARTS) is 1. The number of amides is 1. The molecular weight excluding hydrogens is 184 g/mol. The molecule has 0 radical (unpaired) electrons. The summed E-state index contributed by atoms with van der Waals surface area (Å²) in [6.07, 6.45) is 0.223. The highest BCUT2D eigenvalue weighted by Gasteiger charge is 2.21. The normalized spacial score (nSPS) is 13.6. The van der Waals surface area contributed by atoms with Gasteiger partial charge in [0, 0.05) is 16.9 Å². The highest BCUT2D eigenvalue weighted by Crippen LogP contribution is 2.29. The van der Waals surface area contributed by atoms with Crippen LogP contribution in [-0.4, -0.2) is 17.0 Å². The van der Waals surface area contributed by atoms with Crippen LogP contribution in [0.3, 0.4) is 0 Å². The van der Waals surface area contributed by atoms with Crippen LogP contribution in [0.25, 0.3) is 0 Å². The quantitative estimate of drug-likeness (QED) is 0.563. The fraction of sp³-hybridized carbons (Fsp3) is 0.111. The van der Waals surface area contributed by atoms with E-state index in [1.807, 2.05) is 0 Å². The number of rotatable bonds is 1. The summed E-state index contributed by atoms with van der Waals surface area (Å²) >= 11 is 0. The summed E-state index contributed by atoms with van der Waals surface area (Å²) in [7, 11) is 0. The Morgan fingerprint density at radius 2 is 2.21 bits per heavy atom. The van der Waals surface area contributed by atoms with Gasteiger partial charge >= 0.3 is 5.97 Å². The summed E-state index contributed by atoms with van der Waals surface area (Å²) in [6.45, 7) is 0. The summed E-state index contributed by atoms with van der Waals surface area (Å²) in [5.41, 5.74) is 7.24. The third-order valence-corrected chi connectivity index (χ3v) is 2.14. The van der Waals surface area contributed by atoms with Crippen molar-refractivity contribution in [3.8, 4) is 0 Å². The molecule has 1 aromatic rings. The molecule has 1 heterocycles. The first-order valence-electron chi connectivity index (χ1n) is 4.03. The molecule has 5 heteroatoms. The molecule has 4 N–H and O–H groups in total. The zero-order chi connectivity index (χ0) is 10.3. The SMILES string of the molecule is Nc1cc(C(=O)O)cc2c1CC(=O)N2. The zero-order valence-corrected chi connectivity index (χ0v) is 7.20. The first-order chi connectivity index (χ1) is 6.58. The van der Waals surface area contributed by atoms with Gasteiger partial charge in [-0.25, -0.2) is 4.79 Å². The van der Waals surface area contributed by atoms with Gasteiger partial charge in [0.15, 0.2) is 0 Å². The minimum Gasteiger partial charge on any atom is -0.478 e. The maximum Gasteiger partial charge on any atom is 0.335 e. The summed E-state index contributed by atoms with van der Waals surface area (Å²) in [6, 6.07) is 2.78. The number of nitrogen functional groups attached to an aromatic ring is 1. The second-order valence-electron chi connectivity index (χ2n) is 3.12. The second-order valence-corrected chi connectivity index (χ2v) is 3.12. The molecule has 0 saturated carbocycles.